The molecule has 0 saturated carbocycles. The van der Waals surface area contributed by atoms with Crippen molar-refractivity contribution in [2.24, 2.45) is 0 Å². The molecule has 5 rings (SSSR count). The molecule has 33 heavy (non-hydrogen) atoms. The van der Waals surface area contributed by atoms with E-state index in [1.54, 1.807) is 30.5 Å². The number of anilines is 2. The van der Waals surface area contributed by atoms with E-state index in [-0.39, 0.29) is 0 Å². The predicted octanol–water partition coefficient (Wildman–Crippen LogP) is 4.43. The van der Waals surface area contributed by atoms with Crippen LogP contribution in [0.3, 0.4) is 0 Å². The van der Waals surface area contributed by atoms with Crippen LogP contribution >= 0.6 is 0 Å². The first-order valence-corrected chi connectivity index (χ1v) is 12.7. The standard InChI is InChI=1S/C27H27N3O2S/c1-20-12-13-21(2)25(18-20)29-14-16-30(17-15-29)27-23-10-6-7-11-24(23)28-19-26(27)33(31,32)22-8-4-3-5-9-22/h3-13,18-19H,14-17H2,1-2H3/p+1. The Morgan fingerprint density at radius 3 is 2.21 bits per heavy atom. The molecule has 1 N–H and O–H groups in total. The molecule has 2 heterocycles. The first kappa shape index (κ1) is 21.5. The fourth-order valence-electron chi connectivity index (χ4n) is 4.65. The van der Waals surface area contributed by atoms with Crippen LogP contribution in [-0.4, -0.2) is 34.6 Å². The topological polar surface area (TPSA) is 54.8 Å². The van der Waals surface area contributed by atoms with Crippen LogP contribution in [0.1, 0.15) is 11.1 Å². The van der Waals surface area contributed by atoms with Gasteiger partial charge in [-0.3, -0.25) is 0 Å². The number of rotatable bonds is 4. The lowest BCUT2D eigenvalue weighted by Gasteiger charge is -2.38. The summed E-state index contributed by atoms with van der Waals surface area (Å²) in [6.45, 7) is 7.43. The van der Waals surface area contributed by atoms with Gasteiger partial charge in [-0.05, 0) is 49.2 Å². The molecule has 1 aromatic heterocycles. The minimum Gasteiger partial charge on any atom is -0.368 e. The molecule has 3 aromatic carbocycles. The van der Waals surface area contributed by atoms with Gasteiger partial charge in [0, 0.05) is 37.9 Å². The van der Waals surface area contributed by atoms with Crippen molar-refractivity contribution >= 4 is 32.1 Å². The molecule has 5 nitrogen and oxygen atoms in total. The number of piperazine rings is 1. The number of aromatic nitrogens is 1. The van der Waals surface area contributed by atoms with Crippen LogP contribution in [0.5, 0.6) is 0 Å². The maximum atomic E-state index is 13.7. The fourth-order valence-corrected chi connectivity index (χ4v) is 6.13. The van der Waals surface area contributed by atoms with Crippen LogP contribution in [0.25, 0.3) is 10.9 Å². The summed E-state index contributed by atoms with van der Waals surface area (Å²) in [7, 11) is -3.67. The molecule has 1 saturated heterocycles. The number of pyridine rings is 1. The van der Waals surface area contributed by atoms with Crippen molar-refractivity contribution in [2.75, 3.05) is 36.0 Å². The highest BCUT2D eigenvalue weighted by Gasteiger charge is 2.31. The normalized spacial score (nSPS) is 14.6. The Morgan fingerprint density at radius 2 is 1.45 bits per heavy atom. The van der Waals surface area contributed by atoms with Gasteiger partial charge >= 0.3 is 0 Å². The average Bonchev–Trinajstić information content (AvgIpc) is 2.85. The SMILES string of the molecule is Cc1ccc(C)c(N2CCN(c3c(S(=O)(=O)c4ccccc4)c[nH+]c4ccccc34)CC2)c1. The lowest BCUT2D eigenvalue weighted by molar-refractivity contribution is -0.347. The summed E-state index contributed by atoms with van der Waals surface area (Å²) in [6.07, 6.45) is 1.65. The van der Waals surface area contributed by atoms with Gasteiger partial charge in [0.05, 0.1) is 16.0 Å². The van der Waals surface area contributed by atoms with E-state index in [9.17, 15) is 8.42 Å². The van der Waals surface area contributed by atoms with Gasteiger partial charge < -0.3 is 9.80 Å². The quantitative estimate of drug-likeness (QED) is 0.454. The third-order valence-electron chi connectivity index (χ3n) is 6.42. The zero-order valence-corrected chi connectivity index (χ0v) is 19.8. The molecule has 0 radical (unpaired) electrons. The number of aryl methyl sites for hydroxylation is 2. The fraction of sp³-hybridized carbons (Fsp3) is 0.222. The Morgan fingerprint density at radius 1 is 0.788 bits per heavy atom. The summed E-state index contributed by atoms with van der Waals surface area (Å²) >= 11 is 0. The molecular weight excluding hydrogens is 430 g/mol. The number of aromatic amines is 1. The second-order valence-electron chi connectivity index (χ2n) is 8.63. The molecule has 1 aliphatic heterocycles. The number of para-hydroxylation sites is 1. The van der Waals surface area contributed by atoms with E-state index in [4.69, 9.17) is 0 Å². The predicted molar refractivity (Wildman–Crippen MR) is 133 cm³/mol. The Hall–Kier alpha value is -3.38. The summed E-state index contributed by atoms with van der Waals surface area (Å²) < 4.78 is 27.3. The van der Waals surface area contributed by atoms with Crippen molar-refractivity contribution in [1.29, 1.82) is 0 Å². The van der Waals surface area contributed by atoms with Crippen LogP contribution in [0.4, 0.5) is 11.4 Å². The molecule has 1 fully saturated rings. The Kier molecular flexibility index (Phi) is 5.54. The highest BCUT2D eigenvalue weighted by atomic mass is 32.2. The van der Waals surface area contributed by atoms with Crippen LogP contribution < -0.4 is 14.8 Å². The van der Waals surface area contributed by atoms with Crippen molar-refractivity contribution in [2.45, 2.75) is 23.6 Å². The average molecular weight is 459 g/mol. The summed E-state index contributed by atoms with van der Waals surface area (Å²) in [5, 5.41) is 0.926. The number of nitrogens with zero attached hydrogens (tertiary/aromatic N) is 2. The molecule has 168 valence electrons. The molecule has 0 atom stereocenters. The maximum Gasteiger partial charge on any atom is 0.214 e. The summed E-state index contributed by atoms with van der Waals surface area (Å²) in [5.41, 5.74) is 5.49. The van der Waals surface area contributed by atoms with E-state index in [2.05, 4.69) is 46.8 Å². The summed E-state index contributed by atoms with van der Waals surface area (Å²) in [6, 6.07) is 23.1. The second-order valence-corrected chi connectivity index (χ2v) is 10.5. The van der Waals surface area contributed by atoms with E-state index >= 15 is 0 Å². The number of hydrogen-bond acceptors (Lipinski definition) is 4. The number of fused-ring (bicyclic) bond motifs is 1. The largest absolute Gasteiger partial charge is 0.368 e. The van der Waals surface area contributed by atoms with E-state index in [0.29, 0.717) is 9.79 Å². The highest BCUT2D eigenvalue weighted by Crippen LogP contribution is 2.35. The van der Waals surface area contributed by atoms with Gasteiger partial charge in [0.25, 0.3) is 0 Å². The first-order valence-electron chi connectivity index (χ1n) is 11.3. The molecular formula is C27H28N3O2S+. The van der Waals surface area contributed by atoms with Crippen molar-refractivity contribution in [3.8, 4) is 0 Å². The minimum absolute atomic E-state index is 0.309. The van der Waals surface area contributed by atoms with E-state index in [1.807, 2.05) is 30.3 Å². The van der Waals surface area contributed by atoms with Gasteiger partial charge in [-0.2, -0.15) is 0 Å². The third-order valence-corrected chi connectivity index (χ3v) is 8.20. The Bertz CT molecular complexity index is 1410. The molecule has 0 bridgehead atoms. The van der Waals surface area contributed by atoms with Gasteiger partial charge in [0.2, 0.25) is 15.4 Å². The minimum atomic E-state index is -3.67. The first-order chi connectivity index (χ1) is 15.9. The van der Waals surface area contributed by atoms with Gasteiger partial charge in [-0.15, -0.1) is 0 Å². The van der Waals surface area contributed by atoms with E-state index < -0.39 is 9.84 Å². The van der Waals surface area contributed by atoms with Crippen LogP contribution in [0, 0.1) is 13.8 Å². The van der Waals surface area contributed by atoms with Gasteiger partial charge in [-0.25, -0.2) is 13.4 Å². The van der Waals surface area contributed by atoms with Gasteiger partial charge in [0.15, 0.2) is 11.1 Å². The van der Waals surface area contributed by atoms with Crippen molar-refractivity contribution in [3.63, 3.8) is 0 Å². The summed E-state index contributed by atoms with van der Waals surface area (Å²) in [5.74, 6) is 0. The monoisotopic (exact) mass is 458 g/mol. The molecule has 6 heteroatoms. The Labute approximate surface area is 195 Å². The zero-order valence-electron chi connectivity index (χ0n) is 19.0. The molecule has 0 unspecified atom stereocenters. The van der Waals surface area contributed by atoms with Crippen LogP contribution in [0.15, 0.2) is 88.8 Å². The molecule has 0 spiro atoms. The number of nitrogens with one attached hydrogen (secondary N) is 1. The lowest BCUT2D eigenvalue weighted by atomic mass is 10.1. The molecule has 0 amide bonds. The third kappa shape index (κ3) is 3.95. The molecule has 0 aliphatic carbocycles. The smallest absolute Gasteiger partial charge is 0.214 e. The maximum absolute atomic E-state index is 13.7. The van der Waals surface area contributed by atoms with Crippen LogP contribution in [0.2, 0.25) is 0 Å². The lowest BCUT2D eigenvalue weighted by Crippen LogP contribution is -2.47. The molecule has 4 aromatic rings. The Balaban J connectivity index is 1.56. The number of sulfone groups is 1. The number of benzene rings is 3. The van der Waals surface area contributed by atoms with Crippen molar-refractivity contribution < 1.29 is 13.4 Å². The zero-order chi connectivity index (χ0) is 23.0. The van der Waals surface area contributed by atoms with Gasteiger partial charge in [0.1, 0.15) is 0 Å². The van der Waals surface area contributed by atoms with E-state index in [0.717, 1.165) is 42.8 Å². The van der Waals surface area contributed by atoms with Crippen LogP contribution in [-0.2, 0) is 9.84 Å². The van der Waals surface area contributed by atoms with Crippen molar-refractivity contribution in [3.05, 3.63) is 90.1 Å². The van der Waals surface area contributed by atoms with Gasteiger partial charge in [-0.1, -0.05) is 42.5 Å². The number of H-pyrrole nitrogens is 1. The second kappa shape index (κ2) is 8.52. The molecule has 1 aliphatic rings. The summed E-state index contributed by atoms with van der Waals surface area (Å²) in [4.78, 5) is 8.48. The highest BCUT2D eigenvalue weighted by molar-refractivity contribution is 7.91. The number of hydrogen-bond donors (Lipinski definition) is 0. The van der Waals surface area contributed by atoms with E-state index in [1.165, 1.54) is 16.8 Å². The van der Waals surface area contributed by atoms with Crippen molar-refractivity contribution in [1.82, 2.24) is 0 Å².